The van der Waals surface area contributed by atoms with Crippen LogP contribution in [0.5, 0.6) is 0 Å². The van der Waals surface area contributed by atoms with Crippen LogP contribution in [0.2, 0.25) is 0 Å². The van der Waals surface area contributed by atoms with Gasteiger partial charge in [-0.25, -0.2) is 4.98 Å². The average molecular weight is 336 g/mol. The summed E-state index contributed by atoms with van der Waals surface area (Å²) in [6, 6.07) is 1.71. The quantitative estimate of drug-likeness (QED) is 0.790. The van der Waals surface area contributed by atoms with Crippen molar-refractivity contribution in [2.45, 2.75) is 6.10 Å². The maximum atomic E-state index is 11.8. The van der Waals surface area contributed by atoms with Crippen LogP contribution in [0.1, 0.15) is 10.4 Å². The van der Waals surface area contributed by atoms with Crippen molar-refractivity contribution in [2.24, 2.45) is 0 Å². The standard InChI is InChI=1S/C9H8Br2N2O2/c10-7-1-5(2-12-8(7)11)9(15)13-3-6(14)4-13/h1-2,6,14H,3-4H2. The van der Waals surface area contributed by atoms with Crippen LogP contribution in [0.4, 0.5) is 0 Å². The highest BCUT2D eigenvalue weighted by Gasteiger charge is 2.29. The molecule has 1 aromatic rings. The number of aromatic nitrogens is 1. The molecule has 1 N–H and O–H groups in total. The number of aliphatic hydroxyl groups is 1. The molecule has 0 spiro atoms. The van der Waals surface area contributed by atoms with E-state index in [9.17, 15) is 4.79 Å². The first-order chi connectivity index (χ1) is 7.08. The molecule has 2 heterocycles. The van der Waals surface area contributed by atoms with Crippen molar-refractivity contribution in [3.63, 3.8) is 0 Å². The van der Waals surface area contributed by atoms with Crippen LogP contribution in [-0.2, 0) is 0 Å². The summed E-state index contributed by atoms with van der Waals surface area (Å²) >= 11 is 6.52. The lowest BCUT2D eigenvalue weighted by molar-refractivity contribution is 0.00586. The normalized spacial score (nSPS) is 16.3. The minimum Gasteiger partial charge on any atom is -0.389 e. The molecule has 0 bridgehead atoms. The summed E-state index contributed by atoms with van der Waals surface area (Å²) in [6.07, 6.45) is 1.14. The third-order valence-electron chi connectivity index (χ3n) is 2.19. The van der Waals surface area contributed by atoms with Crippen molar-refractivity contribution < 1.29 is 9.90 Å². The van der Waals surface area contributed by atoms with Gasteiger partial charge in [-0.05, 0) is 37.9 Å². The molecule has 0 saturated carbocycles. The summed E-state index contributed by atoms with van der Waals surface area (Å²) in [5, 5.41) is 9.09. The number of hydrogen-bond acceptors (Lipinski definition) is 3. The first kappa shape index (κ1) is 11.0. The highest BCUT2D eigenvalue weighted by Crippen LogP contribution is 2.22. The van der Waals surface area contributed by atoms with Crippen molar-refractivity contribution in [3.05, 3.63) is 26.9 Å². The van der Waals surface area contributed by atoms with Gasteiger partial charge in [0.05, 0.1) is 16.1 Å². The lowest BCUT2D eigenvalue weighted by Gasteiger charge is -2.35. The fourth-order valence-corrected chi connectivity index (χ4v) is 1.91. The van der Waals surface area contributed by atoms with Crippen molar-refractivity contribution in [2.75, 3.05) is 13.1 Å². The summed E-state index contributed by atoms with van der Waals surface area (Å²) in [7, 11) is 0. The van der Waals surface area contributed by atoms with Crippen LogP contribution in [0.15, 0.2) is 21.3 Å². The molecule has 4 nitrogen and oxygen atoms in total. The number of likely N-dealkylation sites (tertiary alicyclic amines) is 1. The molecular formula is C9H8Br2N2O2. The summed E-state index contributed by atoms with van der Waals surface area (Å²) in [6.45, 7) is 0.818. The molecule has 1 aliphatic heterocycles. The van der Waals surface area contributed by atoms with Gasteiger partial charge in [0.15, 0.2) is 0 Å². The van der Waals surface area contributed by atoms with Crippen molar-refractivity contribution in [3.8, 4) is 0 Å². The van der Waals surface area contributed by atoms with Gasteiger partial charge < -0.3 is 10.0 Å². The molecule has 1 fully saturated rings. The molecule has 1 amide bonds. The minimum atomic E-state index is -0.374. The molecule has 80 valence electrons. The van der Waals surface area contributed by atoms with E-state index in [1.807, 2.05) is 0 Å². The molecular weight excluding hydrogens is 328 g/mol. The Morgan fingerprint density at radius 2 is 2.20 bits per heavy atom. The van der Waals surface area contributed by atoms with Gasteiger partial charge in [-0.2, -0.15) is 0 Å². The molecule has 0 aliphatic carbocycles. The zero-order chi connectivity index (χ0) is 11.0. The molecule has 1 aromatic heterocycles. The topological polar surface area (TPSA) is 53.4 Å². The van der Waals surface area contributed by atoms with Crippen LogP contribution >= 0.6 is 31.9 Å². The Kier molecular flexibility index (Phi) is 3.08. The van der Waals surface area contributed by atoms with E-state index in [1.165, 1.54) is 6.20 Å². The highest BCUT2D eigenvalue weighted by molar-refractivity contribution is 9.13. The van der Waals surface area contributed by atoms with Crippen LogP contribution in [-0.4, -0.2) is 40.1 Å². The number of aliphatic hydroxyl groups excluding tert-OH is 1. The van der Waals surface area contributed by atoms with Crippen LogP contribution < -0.4 is 0 Å². The Hall–Kier alpha value is -0.460. The lowest BCUT2D eigenvalue weighted by atomic mass is 10.1. The van der Waals surface area contributed by atoms with E-state index in [0.717, 1.165) is 4.47 Å². The predicted octanol–water partition coefficient (Wildman–Crippen LogP) is 1.42. The Morgan fingerprint density at radius 3 is 2.73 bits per heavy atom. The summed E-state index contributed by atoms with van der Waals surface area (Å²) in [4.78, 5) is 17.4. The summed E-state index contributed by atoms with van der Waals surface area (Å²) in [5.41, 5.74) is 0.525. The van der Waals surface area contributed by atoms with Gasteiger partial charge in [-0.1, -0.05) is 0 Å². The van der Waals surface area contributed by atoms with Crippen molar-refractivity contribution >= 4 is 37.8 Å². The predicted molar refractivity (Wildman–Crippen MR) is 61.5 cm³/mol. The monoisotopic (exact) mass is 334 g/mol. The van der Waals surface area contributed by atoms with Crippen molar-refractivity contribution in [1.29, 1.82) is 0 Å². The summed E-state index contributed by atoms with van der Waals surface area (Å²) < 4.78 is 1.41. The van der Waals surface area contributed by atoms with Gasteiger partial charge >= 0.3 is 0 Å². The maximum absolute atomic E-state index is 11.8. The van der Waals surface area contributed by atoms with Crippen LogP contribution in [0.25, 0.3) is 0 Å². The van der Waals surface area contributed by atoms with Gasteiger partial charge in [0.25, 0.3) is 5.91 Å². The first-order valence-corrected chi connectivity index (χ1v) is 5.95. The smallest absolute Gasteiger partial charge is 0.255 e. The van der Waals surface area contributed by atoms with Gasteiger partial charge in [-0.15, -0.1) is 0 Å². The largest absolute Gasteiger partial charge is 0.389 e. The number of amides is 1. The number of carbonyl (C=O) groups excluding carboxylic acids is 1. The zero-order valence-corrected chi connectivity index (χ0v) is 10.8. The lowest BCUT2D eigenvalue weighted by Crippen LogP contribution is -2.53. The number of pyridine rings is 1. The molecule has 0 radical (unpaired) electrons. The van der Waals surface area contributed by atoms with Crippen LogP contribution in [0, 0.1) is 0 Å². The molecule has 1 saturated heterocycles. The van der Waals surface area contributed by atoms with Gasteiger partial charge in [-0.3, -0.25) is 4.79 Å². The fraction of sp³-hybridized carbons (Fsp3) is 0.333. The van der Waals surface area contributed by atoms with E-state index in [2.05, 4.69) is 36.8 Å². The summed E-state index contributed by atoms with van der Waals surface area (Å²) in [5.74, 6) is -0.0963. The van der Waals surface area contributed by atoms with E-state index in [4.69, 9.17) is 5.11 Å². The number of rotatable bonds is 1. The molecule has 15 heavy (non-hydrogen) atoms. The Bertz CT molecular complexity index is 405. The Balaban J connectivity index is 2.16. The molecule has 0 aromatic carbocycles. The second-order valence-electron chi connectivity index (χ2n) is 3.36. The van der Waals surface area contributed by atoms with Gasteiger partial charge in [0.2, 0.25) is 0 Å². The van der Waals surface area contributed by atoms with E-state index < -0.39 is 0 Å². The minimum absolute atomic E-state index is 0.0963. The van der Waals surface area contributed by atoms with E-state index in [1.54, 1.807) is 11.0 Å². The second kappa shape index (κ2) is 4.19. The third-order valence-corrected chi connectivity index (χ3v) is 3.96. The molecule has 6 heteroatoms. The zero-order valence-electron chi connectivity index (χ0n) is 7.65. The van der Waals surface area contributed by atoms with Crippen LogP contribution in [0.3, 0.4) is 0 Å². The number of nitrogens with zero attached hydrogens (tertiary/aromatic N) is 2. The highest BCUT2D eigenvalue weighted by atomic mass is 79.9. The Labute approximate surface area is 104 Å². The second-order valence-corrected chi connectivity index (χ2v) is 4.97. The van der Waals surface area contributed by atoms with E-state index in [-0.39, 0.29) is 12.0 Å². The molecule has 0 atom stereocenters. The first-order valence-electron chi connectivity index (χ1n) is 4.36. The molecule has 0 unspecified atom stereocenters. The SMILES string of the molecule is O=C(c1cnc(Br)c(Br)c1)N1CC(O)C1. The number of halogens is 2. The number of hydrogen-bond donors (Lipinski definition) is 1. The number of β-amino-alcohol motifs (C(OH)–C–C–N with tert-alkyl or cyclic N) is 1. The van der Waals surface area contributed by atoms with E-state index in [0.29, 0.717) is 23.3 Å². The molecule has 2 rings (SSSR count). The van der Waals surface area contributed by atoms with Crippen molar-refractivity contribution in [1.82, 2.24) is 9.88 Å². The van der Waals surface area contributed by atoms with E-state index >= 15 is 0 Å². The molecule has 1 aliphatic rings. The number of carbonyl (C=O) groups is 1. The Morgan fingerprint density at radius 1 is 1.53 bits per heavy atom. The third kappa shape index (κ3) is 2.21. The average Bonchev–Trinajstić information content (AvgIpc) is 2.16. The van der Waals surface area contributed by atoms with Gasteiger partial charge in [0.1, 0.15) is 4.60 Å². The fourth-order valence-electron chi connectivity index (χ4n) is 1.34. The van der Waals surface area contributed by atoms with Gasteiger partial charge in [0, 0.05) is 19.3 Å². The maximum Gasteiger partial charge on any atom is 0.255 e.